The fraction of sp³-hybridized carbons (Fsp3) is 0.471. The molecule has 1 aliphatic heterocycles. The summed E-state index contributed by atoms with van der Waals surface area (Å²) < 4.78 is 0. The lowest BCUT2D eigenvalue weighted by Gasteiger charge is -2.12. The van der Waals surface area contributed by atoms with Crippen LogP contribution in [-0.4, -0.2) is 28.8 Å². The van der Waals surface area contributed by atoms with E-state index in [0.29, 0.717) is 17.6 Å². The van der Waals surface area contributed by atoms with Gasteiger partial charge in [0, 0.05) is 18.7 Å². The summed E-state index contributed by atoms with van der Waals surface area (Å²) >= 11 is 1.34. The summed E-state index contributed by atoms with van der Waals surface area (Å²) in [7, 11) is 0. The second-order valence-corrected chi connectivity index (χ2v) is 7.35. The van der Waals surface area contributed by atoms with E-state index in [1.807, 2.05) is 32.0 Å². The monoisotopic (exact) mass is 333 g/mol. The van der Waals surface area contributed by atoms with Gasteiger partial charge in [-0.25, -0.2) is 0 Å². The van der Waals surface area contributed by atoms with E-state index in [1.165, 1.54) is 11.8 Å². The van der Waals surface area contributed by atoms with E-state index in [-0.39, 0.29) is 18.2 Å². The Balaban J connectivity index is 1.96. The van der Waals surface area contributed by atoms with Crippen LogP contribution in [0.1, 0.15) is 31.4 Å². The molecule has 1 saturated heterocycles. The third kappa shape index (κ3) is 4.82. The molecule has 1 aliphatic rings. The van der Waals surface area contributed by atoms with Gasteiger partial charge in [0.05, 0.1) is 0 Å². The molecule has 1 aromatic carbocycles. The smallest absolute Gasteiger partial charge is 0.240 e. The van der Waals surface area contributed by atoms with Gasteiger partial charge in [-0.2, -0.15) is 0 Å². The summed E-state index contributed by atoms with van der Waals surface area (Å²) in [5.74, 6) is 0.140. The number of nitrogens with zero attached hydrogens (tertiary/aromatic N) is 1. The van der Waals surface area contributed by atoms with Crippen molar-refractivity contribution in [3.05, 3.63) is 29.3 Å². The number of carbonyl (C=O) groups is 2. The molecule has 0 saturated carbocycles. The van der Waals surface area contributed by atoms with Crippen LogP contribution in [0, 0.1) is 19.8 Å². The zero-order valence-corrected chi connectivity index (χ0v) is 14.8. The first-order chi connectivity index (χ1) is 10.9. The Labute approximate surface area is 141 Å². The number of carbonyl (C=O) groups excluding carboxylic acids is 2. The van der Waals surface area contributed by atoms with E-state index in [0.717, 1.165) is 16.8 Å². The van der Waals surface area contributed by atoms with E-state index < -0.39 is 5.25 Å². The van der Waals surface area contributed by atoms with Crippen LogP contribution in [0.15, 0.2) is 23.2 Å². The van der Waals surface area contributed by atoms with Crippen molar-refractivity contribution in [2.45, 2.75) is 39.4 Å². The van der Waals surface area contributed by atoms with E-state index in [9.17, 15) is 9.59 Å². The molecule has 1 fully saturated rings. The largest absolute Gasteiger partial charge is 0.326 e. The number of aryl methyl sites for hydroxylation is 2. The van der Waals surface area contributed by atoms with Gasteiger partial charge < -0.3 is 10.6 Å². The zero-order valence-electron chi connectivity index (χ0n) is 14.0. The minimum Gasteiger partial charge on any atom is -0.326 e. The highest BCUT2D eigenvalue weighted by Gasteiger charge is 2.32. The standard InChI is InChI=1S/C17H23N3O2S/c1-10(2)9-18-17-20-16(22)13(23-17)8-14(21)19-15-11(3)6-5-7-12(15)4/h5-7,10,13H,8-9H2,1-4H3,(H,19,21)(H,18,20,22)/t13-/m0/s1. The number of aliphatic imine (C=N–C) groups is 1. The number of amides is 2. The third-order valence-electron chi connectivity index (χ3n) is 3.49. The molecule has 0 aromatic heterocycles. The van der Waals surface area contributed by atoms with Gasteiger partial charge in [-0.1, -0.05) is 43.8 Å². The topological polar surface area (TPSA) is 70.6 Å². The zero-order chi connectivity index (χ0) is 17.0. The molecule has 6 heteroatoms. The molecular formula is C17H23N3O2S. The molecule has 1 heterocycles. The molecule has 2 rings (SSSR count). The molecule has 2 amide bonds. The van der Waals surface area contributed by atoms with Crippen LogP contribution in [0.3, 0.4) is 0 Å². The van der Waals surface area contributed by atoms with Gasteiger partial charge >= 0.3 is 0 Å². The molecular weight excluding hydrogens is 310 g/mol. The van der Waals surface area contributed by atoms with Gasteiger partial charge in [0.25, 0.3) is 0 Å². The number of para-hydroxylation sites is 1. The fourth-order valence-electron chi connectivity index (χ4n) is 2.25. The summed E-state index contributed by atoms with van der Waals surface area (Å²) in [6.45, 7) is 8.72. The first-order valence-corrected chi connectivity index (χ1v) is 8.63. The first-order valence-electron chi connectivity index (χ1n) is 7.75. The predicted octanol–water partition coefficient (Wildman–Crippen LogP) is 2.88. The fourth-order valence-corrected chi connectivity index (χ4v) is 3.23. The summed E-state index contributed by atoms with van der Waals surface area (Å²) in [6, 6.07) is 5.87. The number of hydrogen-bond acceptors (Lipinski definition) is 4. The van der Waals surface area contributed by atoms with E-state index in [1.54, 1.807) is 0 Å². The second kappa shape index (κ2) is 7.64. The Kier molecular flexibility index (Phi) is 5.82. The maximum atomic E-state index is 12.2. The van der Waals surface area contributed by atoms with Gasteiger partial charge in [0.2, 0.25) is 11.8 Å². The number of anilines is 1. The number of hydrogen-bond donors (Lipinski definition) is 2. The van der Waals surface area contributed by atoms with Crippen molar-refractivity contribution in [2.75, 3.05) is 11.9 Å². The maximum absolute atomic E-state index is 12.2. The van der Waals surface area contributed by atoms with Crippen LogP contribution >= 0.6 is 11.8 Å². The molecule has 0 aliphatic carbocycles. The number of amidine groups is 1. The average Bonchev–Trinajstić information content (AvgIpc) is 2.81. The van der Waals surface area contributed by atoms with Gasteiger partial charge in [-0.3, -0.25) is 14.6 Å². The summed E-state index contributed by atoms with van der Waals surface area (Å²) in [4.78, 5) is 28.6. The van der Waals surface area contributed by atoms with Gasteiger partial charge in [0.15, 0.2) is 5.17 Å². The van der Waals surface area contributed by atoms with Crippen LogP contribution in [0.4, 0.5) is 5.69 Å². The Morgan fingerprint density at radius 2 is 2.00 bits per heavy atom. The molecule has 124 valence electrons. The van der Waals surface area contributed by atoms with Crippen molar-refractivity contribution in [3.63, 3.8) is 0 Å². The molecule has 1 atom stereocenters. The van der Waals surface area contributed by atoms with Crippen LogP contribution in [-0.2, 0) is 9.59 Å². The average molecular weight is 333 g/mol. The van der Waals surface area contributed by atoms with Crippen molar-refractivity contribution < 1.29 is 9.59 Å². The number of benzene rings is 1. The molecule has 0 bridgehead atoms. The highest BCUT2D eigenvalue weighted by molar-refractivity contribution is 8.15. The summed E-state index contributed by atoms with van der Waals surface area (Å²) in [5, 5.41) is 5.87. The quantitative estimate of drug-likeness (QED) is 0.870. The summed E-state index contributed by atoms with van der Waals surface area (Å²) in [5.41, 5.74) is 2.86. The summed E-state index contributed by atoms with van der Waals surface area (Å²) in [6.07, 6.45) is 0.144. The lowest BCUT2D eigenvalue weighted by atomic mass is 10.1. The lowest BCUT2D eigenvalue weighted by molar-refractivity contribution is -0.122. The van der Waals surface area contributed by atoms with Crippen molar-refractivity contribution in [3.8, 4) is 0 Å². The van der Waals surface area contributed by atoms with Crippen molar-refractivity contribution in [1.82, 2.24) is 5.32 Å². The normalized spacial score (nSPS) is 19.3. The van der Waals surface area contributed by atoms with Gasteiger partial charge in [-0.05, 0) is 30.9 Å². The van der Waals surface area contributed by atoms with Crippen molar-refractivity contribution in [1.29, 1.82) is 0 Å². The van der Waals surface area contributed by atoms with E-state index in [2.05, 4.69) is 29.5 Å². The highest BCUT2D eigenvalue weighted by Crippen LogP contribution is 2.24. The van der Waals surface area contributed by atoms with Crippen LogP contribution in [0.25, 0.3) is 0 Å². The predicted molar refractivity (Wildman–Crippen MR) is 95.8 cm³/mol. The number of thioether (sulfide) groups is 1. The minimum absolute atomic E-state index is 0.144. The maximum Gasteiger partial charge on any atom is 0.240 e. The Hall–Kier alpha value is -1.82. The molecule has 2 N–H and O–H groups in total. The van der Waals surface area contributed by atoms with Gasteiger partial charge in [-0.15, -0.1) is 0 Å². The highest BCUT2D eigenvalue weighted by atomic mass is 32.2. The molecule has 1 aromatic rings. The Morgan fingerprint density at radius 1 is 1.35 bits per heavy atom. The van der Waals surface area contributed by atoms with E-state index >= 15 is 0 Å². The van der Waals surface area contributed by atoms with E-state index in [4.69, 9.17) is 0 Å². The second-order valence-electron chi connectivity index (χ2n) is 6.15. The molecule has 23 heavy (non-hydrogen) atoms. The number of rotatable bonds is 5. The third-order valence-corrected chi connectivity index (χ3v) is 4.61. The lowest BCUT2D eigenvalue weighted by Crippen LogP contribution is -2.28. The minimum atomic E-state index is -0.412. The van der Waals surface area contributed by atoms with Crippen LogP contribution in [0.5, 0.6) is 0 Å². The first kappa shape index (κ1) is 17.5. The SMILES string of the molecule is Cc1cccc(C)c1NC(=O)C[C@@H]1SC(=NCC(C)C)NC1=O. The van der Waals surface area contributed by atoms with Crippen LogP contribution in [0.2, 0.25) is 0 Å². The molecule has 0 unspecified atom stereocenters. The molecule has 0 radical (unpaired) electrons. The van der Waals surface area contributed by atoms with Crippen molar-refractivity contribution in [2.24, 2.45) is 10.9 Å². The number of nitrogens with one attached hydrogen (secondary N) is 2. The van der Waals surface area contributed by atoms with Crippen LogP contribution < -0.4 is 10.6 Å². The van der Waals surface area contributed by atoms with Crippen molar-refractivity contribution >= 4 is 34.4 Å². The molecule has 0 spiro atoms. The van der Waals surface area contributed by atoms with Gasteiger partial charge in [0.1, 0.15) is 5.25 Å². The molecule has 5 nitrogen and oxygen atoms in total. The Morgan fingerprint density at radius 3 is 2.61 bits per heavy atom. The Bertz CT molecular complexity index is 620.